The number of aliphatic carboxylic acids is 1. The molecule has 6 heteroatoms. The lowest BCUT2D eigenvalue weighted by Gasteiger charge is -2.28. The van der Waals surface area contributed by atoms with Gasteiger partial charge in [-0.25, -0.2) is 4.79 Å². The number of nitrogens with zero attached hydrogens (tertiary/aromatic N) is 1. The number of halogens is 2. The zero-order valence-electron chi connectivity index (χ0n) is 13.2. The number of carboxylic acids is 1. The Morgan fingerprint density at radius 1 is 1.16 bits per heavy atom. The van der Waals surface area contributed by atoms with Gasteiger partial charge in [0.1, 0.15) is 6.04 Å². The van der Waals surface area contributed by atoms with Crippen LogP contribution in [0.3, 0.4) is 0 Å². The lowest BCUT2D eigenvalue weighted by molar-refractivity contribution is -0.142. The van der Waals surface area contributed by atoms with E-state index in [0.29, 0.717) is 5.02 Å². The molecule has 1 N–H and O–H groups in total. The molecule has 2 rings (SSSR count). The van der Waals surface area contributed by atoms with Crippen molar-refractivity contribution in [2.75, 3.05) is 6.54 Å². The number of hydrogen-bond acceptors (Lipinski definition) is 2. The Labute approximate surface area is 156 Å². The van der Waals surface area contributed by atoms with E-state index in [1.54, 1.807) is 24.3 Å². The number of rotatable bonds is 6. The molecule has 0 aromatic heterocycles. The quantitative estimate of drug-likeness (QED) is 0.781. The van der Waals surface area contributed by atoms with Crippen LogP contribution in [0.1, 0.15) is 15.9 Å². The van der Waals surface area contributed by atoms with E-state index < -0.39 is 17.9 Å². The average molecular weight is 376 g/mol. The predicted molar refractivity (Wildman–Crippen MR) is 97.9 cm³/mol. The fourth-order valence-electron chi connectivity index (χ4n) is 2.41. The van der Waals surface area contributed by atoms with Gasteiger partial charge < -0.3 is 10.0 Å². The van der Waals surface area contributed by atoms with Crippen LogP contribution in [-0.4, -0.2) is 34.5 Å². The van der Waals surface area contributed by atoms with Crippen molar-refractivity contribution in [1.29, 1.82) is 0 Å². The summed E-state index contributed by atoms with van der Waals surface area (Å²) in [7, 11) is 0. The standard InChI is InChI=1S/C19H15Cl2NO3/c1-2-10-22(18(23)15-9-8-14(20)12-16(15)21)17(19(24)25)11-13-6-4-3-5-7-13/h1,3-9,12,17H,10-11H2,(H,24,25)/t17-/m0/s1. The van der Waals surface area contributed by atoms with E-state index in [1.807, 2.05) is 6.07 Å². The Morgan fingerprint density at radius 2 is 1.84 bits per heavy atom. The van der Waals surface area contributed by atoms with Crippen molar-refractivity contribution in [3.05, 3.63) is 69.7 Å². The molecule has 128 valence electrons. The van der Waals surface area contributed by atoms with E-state index >= 15 is 0 Å². The highest BCUT2D eigenvalue weighted by molar-refractivity contribution is 6.36. The van der Waals surface area contributed by atoms with Crippen molar-refractivity contribution >= 4 is 35.1 Å². The Hall–Kier alpha value is -2.48. The molecule has 0 spiro atoms. The summed E-state index contributed by atoms with van der Waals surface area (Å²) in [6, 6.07) is 12.3. The molecule has 4 nitrogen and oxygen atoms in total. The van der Waals surface area contributed by atoms with Gasteiger partial charge in [0.25, 0.3) is 5.91 Å². The summed E-state index contributed by atoms with van der Waals surface area (Å²) < 4.78 is 0. The molecular formula is C19H15Cl2NO3. The molecule has 0 aliphatic heterocycles. The minimum absolute atomic E-state index is 0.134. The topological polar surface area (TPSA) is 57.6 Å². The Morgan fingerprint density at radius 3 is 2.40 bits per heavy atom. The minimum atomic E-state index is -1.14. The van der Waals surface area contributed by atoms with Crippen LogP contribution in [0, 0.1) is 12.3 Å². The third-order valence-corrected chi connectivity index (χ3v) is 4.16. The summed E-state index contributed by atoms with van der Waals surface area (Å²) in [4.78, 5) is 25.8. The van der Waals surface area contributed by atoms with Gasteiger partial charge in [-0.1, -0.05) is 59.5 Å². The summed E-state index contributed by atoms with van der Waals surface area (Å²) in [5, 5.41) is 10.1. The predicted octanol–water partition coefficient (Wildman–Crippen LogP) is 3.76. The van der Waals surface area contributed by atoms with Crippen molar-refractivity contribution in [1.82, 2.24) is 4.90 Å². The number of amides is 1. The van der Waals surface area contributed by atoms with Crippen molar-refractivity contribution in [2.45, 2.75) is 12.5 Å². The first kappa shape index (κ1) is 18.9. The average Bonchev–Trinajstić information content (AvgIpc) is 2.58. The summed E-state index contributed by atoms with van der Waals surface area (Å²) in [5.41, 5.74) is 0.938. The van der Waals surface area contributed by atoms with Gasteiger partial charge in [0.05, 0.1) is 17.1 Å². The Kier molecular flexibility index (Phi) is 6.46. The van der Waals surface area contributed by atoms with Crippen LogP contribution in [-0.2, 0) is 11.2 Å². The summed E-state index contributed by atoms with van der Waals surface area (Å²) >= 11 is 11.9. The molecule has 0 heterocycles. The lowest BCUT2D eigenvalue weighted by atomic mass is 10.0. The molecule has 0 aliphatic rings. The Bertz CT molecular complexity index is 815. The van der Waals surface area contributed by atoms with Crippen LogP contribution >= 0.6 is 23.2 Å². The van der Waals surface area contributed by atoms with Crippen LogP contribution in [0.5, 0.6) is 0 Å². The molecule has 0 saturated carbocycles. The minimum Gasteiger partial charge on any atom is -0.480 e. The van der Waals surface area contributed by atoms with Gasteiger partial charge in [0.2, 0.25) is 0 Å². The van der Waals surface area contributed by atoms with Gasteiger partial charge in [-0.3, -0.25) is 4.79 Å². The molecule has 0 saturated heterocycles. The van der Waals surface area contributed by atoms with Crippen LogP contribution in [0.25, 0.3) is 0 Å². The van der Waals surface area contributed by atoms with Crippen LogP contribution in [0.2, 0.25) is 10.0 Å². The van der Waals surface area contributed by atoms with Crippen molar-refractivity contribution in [3.63, 3.8) is 0 Å². The maximum Gasteiger partial charge on any atom is 0.326 e. The third-order valence-electron chi connectivity index (χ3n) is 3.62. The van der Waals surface area contributed by atoms with Crippen molar-refractivity contribution in [2.24, 2.45) is 0 Å². The molecule has 2 aromatic carbocycles. The molecule has 0 unspecified atom stereocenters. The first-order chi connectivity index (χ1) is 11.9. The van der Waals surface area contributed by atoms with Gasteiger partial charge in [0, 0.05) is 11.4 Å². The second-order valence-electron chi connectivity index (χ2n) is 5.31. The molecule has 1 atom stereocenters. The van der Waals surface area contributed by atoms with Crippen molar-refractivity contribution in [3.8, 4) is 12.3 Å². The molecular weight excluding hydrogens is 361 g/mol. The number of benzene rings is 2. The molecule has 2 aromatic rings. The zero-order chi connectivity index (χ0) is 18.4. The summed E-state index contributed by atoms with van der Waals surface area (Å²) in [6.07, 6.45) is 5.48. The number of carbonyl (C=O) groups excluding carboxylic acids is 1. The fraction of sp³-hybridized carbons (Fsp3) is 0.158. The number of terminal acetylenes is 1. The van der Waals surface area contributed by atoms with Crippen LogP contribution in [0.4, 0.5) is 0 Å². The molecule has 25 heavy (non-hydrogen) atoms. The number of carbonyl (C=O) groups is 2. The van der Waals surface area contributed by atoms with Gasteiger partial charge >= 0.3 is 5.97 Å². The van der Waals surface area contributed by atoms with E-state index in [0.717, 1.165) is 10.5 Å². The van der Waals surface area contributed by atoms with Crippen LogP contribution < -0.4 is 0 Å². The van der Waals surface area contributed by atoms with E-state index in [1.165, 1.54) is 18.2 Å². The first-order valence-corrected chi connectivity index (χ1v) is 8.16. The van der Waals surface area contributed by atoms with Crippen molar-refractivity contribution < 1.29 is 14.7 Å². The smallest absolute Gasteiger partial charge is 0.326 e. The summed E-state index contributed by atoms with van der Waals surface area (Å²) in [6.45, 7) is -0.151. The lowest BCUT2D eigenvalue weighted by Crippen LogP contribution is -2.46. The SMILES string of the molecule is C#CCN(C(=O)c1ccc(Cl)cc1Cl)[C@@H](Cc1ccccc1)C(=O)O. The summed E-state index contributed by atoms with van der Waals surface area (Å²) in [5.74, 6) is 0.649. The fourth-order valence-corrected chi connectivity index (χ4v) is 2.90. The molecule has 1 amide bonds. The zero-order valence-corrected chi connectivity index (χ0v) is 14.7. The van der Waals surface area contributed by atoms with Gasteiger partial charge in [0.15, 0.2) is 0 Å². The number of hydrogen-bond donors (Lipinski definition) is 1. The maximum atomic E-state index is 12.8. The second kappa shape index (κ2) is 8.57. The molecule has 0 aliphatic carbocycles. The normalized spacial score (nSPS) is 11.4. The monoisotopic (exact) mass is 375 g/mol. The van der Waals surface area contributed by atoms with Gasteiger partial charge in [-0.15, -0.1) is 6.42 Å². The molecule has 0 bridgehead atoms. The molecule has 0 radical (unpaired) electrons. The van der Waals surface area contributed by atoms with Gasteiger partial charge in [-0.05, 0) is 23.8 Å². The molecule has 0 fully saturated rings. The highest BCUT2D eigenvalue weighted by atomic mass is 35.5. The highest BCUT2D eigenvalue weighted by Gasteiger charge is 2.31. The second-order valence-corrected chi connectivity index (χ2v) is 6.15. The van der Waals surface area contributed by atoms with E-state index in [4.69, 9.17) is 29.6 Å². The third kappa shape index (κ3) is 4.76. The number of carboxylic acid groups (broad SMARTS) is 1. The van der Waals surface area contributed by atoms with E-state index in [9.17, 15) is 14.7 Å². The Balaban J connectivity index is 2.37. The van der Waals surface area contributed by atoms with E-state index in [2.05, 4.69) is 5.92 Å². The largest absolute Gasteiger partial charge is 0.480 e. The van der Waals surface area contributed by atoms with Gasteiger partial charge in [-0.2, -0.15) is 0 Å². The van der Waals surface area contributed by atoms with Crippen LogP contribution in [0.15, 0.2) is 48.5 Å². The highest BCUT2D eigenvalue weighted by Crippen LogP contribution is 2.23. The first-order valence-electron chi connectivity index (χ1n) is 7.40. The van der Waals surface area contributed by atoms with E-state index in [-0.39, 0.29) is 23.6 Å². The maximum absolute atomic E-state index is 12.8.